The fraction of sp³-hybridized carbons (Fsp3) is 0.222. The molecule has 0 saturated carbocycles. The zero-order valence-corrected chi connectivity index (χ0v) is 13.1. The third-order valence-corrected chi connectivity index (χ3v) is 2.91. The summed E-state index contributed by atoms with van der Waals surface area (Å²) in [6.07, 6.45) is 0.794. The zero-order chi connectivity index (χ0) is 16.7. The Kier molecular flexibility index (Phi) is 5.74. The molecular formula is C18H19NO4. The average molecular weight is 313 g/mol. The normalized spacial score (nSPS) is 10.2. The van der Waals surface area contributed by atoms with Crippen molar-refractivity contribution < 1.29 is 19.1 Å². The van der Waals surface area contributed by atoms with Gasteiger partial charge < -0.3 is 14.8 Å². The van der Waals surface area contributed by atoms with Crippen LogP contribution in [-0.2, 0) is 4.79 Å². The highest BCUT2D eigenvalue weighted by Gasteiger charge is 2.07. The van der Waals surface area contributed by atoms with E-state index in [0.717, 1.165) is 5.75 Å². The van der Waals surface area contributed by atoms with Gasteiger partial charge in [0, 0.05) is 5.69 Å². The Hall–Kier alpha value is -2.82. The van der Waals surface area contributed by atoms with Crippen LogP contribution in [0.15, 0.2) is 48.5 Å². The topological polar surface area (TPSA) is 64.6 Å². The summed E-state index contributed by atoms with van der Waals surface area (Å²) in [6, 6.07) is 13.9. The summed E-state index contributed by atoms with van der Waals surface area (Å²) in [5.74, 6) is 0.829. The number of carbonyl (C=O) groups excluding carboxylic acids is 2. The second-order valence-corrected chi connectivity index (χ2v) is 5.18. The minimum Gasteiger partial charge on any atom is -0.491 e. The molecule has 0 spiro atoms. The molecule has 0 aliphatic rings. The highest BCUT2D eigenvalue weighted by atomic mass is 16.5. The van der Waals surface area contributed by atoms with Crippen LogP contribution in [0.5, 0.6) is 11.5 Å². The Morgan fingerprint density at radius 2 is 1.83 bits per heavy atom. The summed E-state index contributed by atoms with van der Waals surface area (Å²) >= 11 is 0. The van der Waals surface area contributed by atoms with E-state index in [9.17, 15) is 9.59 Å². The van der Waals surface area contributed by atoms with Crippen molar-refractivity contribution in [2.45, 2.75) is 20.0 Å². The summed E-state index contributed by atoms with van der Waals surface area (Å²) in [4.78, 5) is 22.8. The SMILES string of the molecule is CC(C)Oc1ccc(NC(=O)COc2ccccc2C=O)cc1. The molecule has 0 bridgehead atoms. The van der Waals surface area contributed by atoms with E-state index in [1.165, 1.54) is 0 Å². The number of ether oxygens (including phenoxy) is 2. The number of rotatable bonds is 7. The van der Waals surface area contributed by atoms with E-state index in [1.54, 1.807) is 48.5 Å². The summed E-state index contributed by atoms with van der Waals surface area (Å²) in [7, 11) is 0. The first-order valence-corrected chi connectivity index (χ1v) is 7.32. The monoisotopic (exact) mass is 313 g/mol. The van der Waals surface area contributed by atoms with Crippen molar-refractivity contribution in [1.82, 2.24) is 0 Å². The van der Waals surface area contributed by atoms with Gasteiger partial charge in [-0.3, -0.25) is 9.59 Å². The minimum atomic E-state index is -0.303. The Balaban J connectivity index is 1.88. The fourth-order valence-electron chi connectivity index (χ4n) is 1.94. The molecule has 23 heavy (non-hydrogen) atoms. The van der Waals surface area contributed by atoms with Gasteiger partial charge in [-0.1, -0.05) is 12.1 Å². The van der Waals surface area contributed by atoms with E-state index in [2.05, 4.69) is 5.32 Å². The first-order valence-electron chi connectivity index (χ1n) is 7.32. The summed E-state index contributed by atoms with van der Waals surface area (Å²) < 4.78 is 10.9. The van der Waals surface area contributed by atoms with Crippen molar-refractivity contribution in [2.75, 3.05) is 11.9 Å². The van der Waals surface area contributed by atoms with Crippen molar-refractivity contribution in [2.24, 2.45) is 0 Å². The molecule has 0 fully saturated rings. The van der Waals surface area contributed by atoms with Crippen molar-refractivity contribution in [3.8, 4) is 11.5 Å². The highest BCUT2D eigenvalue weighted by Crippen LogP contribution is 2.18. The van der Waals surface area contributed by atoms with E-state index in [-0.39, 0.29) is 18.6 Å². The molecule has 2 aromatic rings. The van der Waals surface area contributed by atoms with Crippen molar-refractivity contribution in [3.05, 3.63) is 54.1 Å². The molecule has 0 heterocycles. The predicted octanol–water partition coefficient (Wildman–Crippen LogP) is 3.30. The fourth-order valence-corrected chi connectivity index (χ4v) is 1.94. The maximum Gasteiger partial charge on any atom is 0.262 e. The zero-order valence-electron chi connectivity index (χ0n) is 13.1. The van der Waals surface area contributed by atoms with Crippen LogP contribution in [0.4, 0.5) is 5.69 Å². The van der Waals surface area contributed by atoms with E-state index in [4.69, 9.17) is 9.47 Å². The third kappa shape index (κ3) is 5.14. The van der Waals surface area contributed by atoms with E-state index in [0.29, 0.717) is 23.3 Å². The quantitative estimate of drug-likeness (QED) is 0.797. The highest BCUT2D eigenvalue weighted by molar-refractivity contribution is 5.92. The van der Waals surface area contributed by atoms with E-state index >= 15 is 0 Å². The molecule has 0 unspecified atom stereocenters. The molecule has 0 radical (unpaired) electrons. The van der Waals surface area contributed by atoms with Crippen LogP contribution in [0.2, 0.25) is 0 Å². The molecule has 0 saturated heterocycles. The standard InChI is InChI=1S/C18H19NO4/c1-13(2)23-16-9-7-15(8-10-16)19-18(21)12-22-17-6-4-3-5-14(17)11-20/h3-11,13H,12H2,1-2H3,(H,19,21). The molecule has 1 amide bonds. The van der Waals surface area contributed by atoms with Gasteiger partial charge in [-0.25, -0.2) is 0 Å². The molecule has 2 aromatic carbocycles. The van der Waals surface area contributed by atoms with Gasteiger partial charge in [-0.15, -0.1) is 0 Å². The first kappa shape index (κ1) is 16.5. The number of aldehydes is 1. The van der Waals surface area contributed by atoms with Crippen LogP contribution in [0, 0.1) is 0 Å². The molecule has 0 aliphatic carbocycles. The Morgan fingerprint density at radius 3 is 2.48 bits per heavy atom. The molecule has 5 heteroatoms. The number of para-hydroxylation sites is 1. The summed E-state index contributed by atoms with van der Waals surface area (Å²) in [5.41, 5.74) is 1.06. The largest absolute Gasteiger partial charge is 0.491 e. The van der Waals surface area contributed by atoms with Crippen molar-refractivity contribution in [3.63, 3.8) is 0 Å². The number of hydrogen-bond donors (Lipinski definition) is 1. The molecule has 0 aliphatic heterocycles. The number of hydrogen-bond acceptors (Lipinski definition) is 4. The van der Waals surface area contributed by atoms with Crippen molar-refractivity contribution >= 4 is 17.9 Å². The Labute approximate surface area is 135 Å². The molecule has 0 aromatic heterocycles. The van der Waals surface area contributed by atoms with Crippen molar-refractivity contribution in [1.29, 1.82) is 0 Å². The van der Waals surface area contributed by atoms with E-state index < -0.39 is 0 Å². The number of carbonyl (C=O) groups is 2. The minimum absolute atomic E-state index is 0.0988. The van der Waals surface area contributed by atoms with Crippen LogP contribution in [0.3, 0.4) is 0 Å². The lowest BCUT2D eigenvalue weighted by Gasteiger charge is -2.11. The van der Waals surface area contributed by atoms with Gasteiger partial charge in [-0.2, -0.15) is 0 Å². The van der Waals surface area contributed by atoms with Gasteiger partial charge >= 0.3 is 0 Å². The van der Waals surface area contributed by atoms with Gasteiger partial charge in [-0.05, 0) is 50.2 Å². The number of benzene rings is 2. The van der Waals surface area contributed by atoms with Gasteiger partial charge in [0.05, 0.1) is 11.7 Å². The average Bonchev–Trinajstić information content (AvgIpc) is 2.54. The van der Waals surface area contributed by atoms with E-state index in [1.807, 2.05) is 13.8 Å². The smallest absolute Gasteiger partial charge is 0.262 e. The van der Waals surface area contributed by atoms with Crippen LogP contribution in [0.1, 0.15) is 24.2 Å². The number of anilines is 1. The van der Waals surface area contributed by atoms with Crippen LogP contribution in [0.25, 0.3) is 0 Å². The third-order valence-electron chi connectivity index (χ3n) is 2.91. The molecule has 2 rings (SSSR count). The Morgan fingerprint density at radius 1 is 1.13 bits per heavy atom. The lowest BCUT2D eigenvalue weighted by molar-refractivity contribution is -0.118. The molecule has 5 nitrogen and oxygen atoms in total. The second kappa shape index (κ2) is 7.98. The maximum atomic E-state index is 11.9. The summed E-state index contributed by atoms with van der Waals surface area (Å²) in [5, 5.41) is 2.72. The van der Waals surface area contributed by atoms with Gasteiger partial charge in [0.1, 0.15) is 11.5 Å². The lowest BCUT2D eigenvalue weighted by Crippen LogP contribution is -2.20. The molecule has 120 valence electrons. The lowest BCUT2D eigenvalue weighted by atomic mass is 10.2. The molecule has 0 atom stereocenters. The predicted molar refractivity (Wildman–Crippen MR) is 88.2 cm³/mol. The van der Waals surface area contributed by atoms with Crippen LogP contribution < -0.4 is 14.8 Å². The van der Waals surface area contributed by atoms with Gasteiger partial charge in [0.15, 0.2) is 12.9 Å². The Bertz CT molecular complexity index is 665. The number of nitrogens with one attached hydrogen (secondary N) is 1. The maximum absolute atomic E-state index is 11.9. The summed E-state index contributed by atoms with van der Waals surface area (Å²) in [6.45, 7) is 3.73. The molecule has 1 N–H and O–H groups in total. The first-order chi connectivity index (χ1) is 11.1. The van der Waals surface area contributed by atoms with Crippen LogP contribution >= 0.6 is 0 Å². The second-order valence-electron chi connectivity index (χ2n) is 5.18. The number of amides is 1. The molecular weight excluding hydrogens is 294 g/mol. The van der Waals surface area contributed by atoms with Crippen LogP contribution in [-0.4, -0.2) is 24.9 Å². The van der Waals surface area contributed by atoms with Gasteiger partial charge in [0.25, 0.3) is 5.91 Å². The van der Waals surface area contributed by atoms with Gasteiger partial charge in [0.2, 0.25) is 0 Å².